The highest BCUT2D eigenvalue weighted by Gasteiger charge is 2.02. The highest BCUT2D eigenvalue weighted by Crippen LogP contribution is 2.17. The third-order valence-corrected chi connectivity index (χ3v) is 2.84. The number of methoxy groups -OCH3 is 1. The van der Waals surface area contributed by atoms with Crippen molar-refractivity contribution in [3.63, 3.8) is 0 Å². The first kappa shape index (κ1) is 15.7. The minimum atomic E-state index is -0.506. The van der Waals surface area contributed by atoms with Gasteiger partial charge < -0.3 is 14.2 Å². The number of nitrogens with one attached hydrogen (secondary N) is 1. The molecule has 0 saturated heterocycles. The summed E-state index contributed by atoms with van der Waals surface area (Å²) in [5, 5.41) is 2.59. The molecule has 22 heavy (non-hydrogen) atoms. The van der Waals surface area contributed by atoms with Crippen molar-refractivity contribution in [2.75, 3.05) is 25.6 Å². The number of para-hydroxylation sites is 1. The number of hydrogen-bond acceptors (Lipinski definition) is 4. The molecule has 1 amide bonds. The Balaban J connectivity index is 1.70. The Labute approximate surface area is 129 Å². The summed E-state index contributed by atoms with van der Waals surface area (Å²) >= 11 is 0. The fourth-order valence-electron chi connectivity index (χ4n) is 1.79. The van der Waals surface area contributed by atoms with Crippen LogP contribution in [0, 0.1) is 0 Å². The molecule has 1 N–H and O–H groups in total. The van der Waals surface area contributed by atoms with Crippen molar-refractivity contribution in [1.82, 2.24) is 0 Å². The van der Waals surface area contributed by atoms with Crippen molar-refractivity contribution in [1.29, 1.82) is 0 Å². The summed E-state index contributed by atoms with van der Waals surface area (Å²) in [4.78, 5) is 11.1. The number of rotatable bonds is 7. The Morgan fingerprint density at radius 3 is 2.36 bits per heavy atom. The number of hydrogen-bond donors (Lipinski definition) is 1. The number of carbonyl (C=O) groups is 1. The van der Waals surface area contributed by atoms with Crippen molar-refractivity contribution in [2.45, 2.75) is 6.42 Å². The third kappa shape index (κ3) is 5.36. The molecule has 2 rings (SSSR count). The van der Waals surface area contributed by atoms with Gasteiger partial charge in [-0.05, 0) is 24.3 Å². The quantitative estimate of drug-likeness (QED) is 0.792. The van der Waals surface area contributed by atoms with Crippen LogP contribution in [-0.4, -0.2) is 26.4 Å². The van der Waals surface area contributed by atoms with E-state index < -0.39 is 6.09 Å². The van der Waals surface area contributed by atoms with Gasteiger partial charge in [0, 0.05) is 18.2 Å². The summed E-state index contributed by atoms with van der Waals surface area (Å²) in [5.41, 5.74) is 0.630. The van der Waals surface area contributed by atoms with Crippen LogP contribution in [0.5, 0.6) is 11.5 Å². The van der Waals surface area contributed by atoms with Crippen molar-refractivity contribution < 1.29 is 19.0 Å². The molecule has 5 heteroatoms. The number of anilines is 1. The minimum absolute atomic E-state index is 0.506. The van der Waals surface area contributed by atoms with Crippen molar-refractivity contribution >= 4 is 11.8 Å². The zero-order valence-corrected chi connectivity index (χ0v) is 12.5. The van der Waals surface area contributed by atoms with Crippen molar-refractivity contribution in [3.8, 4) is 11.5 Å². The molecule has 0 aliphatic heterocycles. The summed E-state index contributed by atoms with van der Waals surface area (Å²) in [6.07, 6.45) is 0.261. The molecular formula is C17H19NO4. The van der Waals surface area contributed by atoms with E-state index in [-0.39, 0.29) is 0 Å². The molecule has 0 radical (unpaired) electrons. The molecule has 0 heterocycles. The largest absolute Gasteiger partial charge is 0.493 e. The maximum Gasteiger partial charge on any atom is 0.411 e. The molecule has 0 spiro atoms. The van der Waals surface area contributed by atoms with Gasteiger partial charge in [0.05, 0.1) is 20.3 Å². The van der Waals surface area contributed by atoms with Crippen LogP contribution in [-0.2, 0) is 4.74 Å². The zero-order chi connectivity index (χ0) is 15.6. The van der Waals surface area contributed by atoms with Crippen LogP contribution in [0.2, 0.25) is 0 Å². The smallest absolute Gasteiger partial charge is 0.411 e. The Morgan fingerprint density at radius 1 is 0.955 bits per heavy atom. The molecule has 5 nitrogen and oxygen atoms in total. The van der Waals surface area contributed by atoms with Crippen LogP contribution in [0.15, 0.2) is 54.6 Å². The van der Waals surface area contributed by atoms with E-state index in [2.05, 4.69) is 10.1 Å². The Bertz CT molecular complexity index is 586. The van der Waals surface area contributed by atoms with Crippen LogP contribution >= 0.6 is 0 Å². The lowest BCUT2D eigenvalue weighted by Gasteiger charge is -2.09. The summed E-state index contributed by atoms with van der Waals surface area (Å²) in [7, 11) is 1.32. The van der Waals surface area contributed by atoms with Crippen LogP contribution < -0.4 is 14.8 Å². The molecule has 2 aromatic carbocycles. The Morgan fingerprint density at radius 2 is 1.64 bits per heavy atom. The van der Waals surface area contributed by atoms with Gasteiger partial charge in [-0.15, -0.1) is 0 Å². The van der Waals surface area contributed by atoms with Crippen LogP contribution in [0.1, 0.15) is 6.42 Å². The van der Waals surface area contributed by atoms with Gasteiger partial charge in [0.15, 0.2) is 0 Å². The van der Waals surface area contributed by atoms with E-state index in [9.17, 15) is 4.79 Å². The van der Waals surface area contributed by atoms with Gasteiger partial charge in [0.2, 0.25) is 0 Å². The van der Waals surface area contributed by atoms with Gasteiger partial charge in [0.1, 0.15) is 11.5 Å². The summed E-state index contributed by atoms with van der Waals surface area (Å²) in [5.74, 6) is 1.54. The molecule has 0 unspecified atom stereocenters. The van der Waals surface area contributed by atoms with E-state index in [0.29, 0.717) is 24.7 Å². The third-order valence-electron chi connectivity index (χ3n) is 2.84. The molecule has 0 saturated carbocycles. The molecule has 0 atom stereocenters. The highest BCUT2D eigenvalue weighted by molar-refractivity contribution is 5.84. The second kappa shape index (κ2) is 8.56. The molecule has 2 aromatic rings. The summed E-state index contributed by atoms with van der Waals surface area (Å²) in [6.45, 7) is 1.12. The van der Waals surface area contributed by atoms with Gasteiger partial charge in [-0.3, -0.25) is 5.32 Å². The zero-order valence-electron chi connectivity index (χ0n) is 12.5. The first-order valence-corrected chi connectivity index (χ1v) is 7.03. The van der Waals surface area contributed by atoms with Gasteiger partial charge in [0.25, 0.3) is 0 Å². The Hall–Kier alpha value is -2.69. The first-order chi connectivity index (χ1) is 10.8. The molecule has 0 aromatic heterocycles. The lowest BCUT2D eigenvalue weighted by Crippen LogP contribution is -2.11. The number of carbonyl (C=O) groups excluding carboxylic acids is 1. The highest BCUT2D eigenvalue weighted by atomic mass is 16.5. The minimum Gasteiger partial charge on any atom is -0.493 e. The summed E-state index contributed by atoms with van der Waals surface area (Å²) < 4.78 is 15.8. The second-order valence-electron chi connectivity index (χ2n) is 4.51. The van der Waals surface area contributed by atoms with Crippen molar-refractivity contribution in [3.05, 3.63) is 54.6 Å². The van der Waals surface area contributed by atoms with Gasteiger partial charge in [-0.25, -0.2) is 4.79 Å². The fraction of sp³-hybridized carbons (Fsp3) is 0.235. The molecular weight excluding hydrogens is 282 g/mol. The maximum absolute atomic E-state index is 11.1. The fourth-order valence-corrected chi connectivity index (χ4v) is 1.79. The van der Waals surface area contributed by atoms with E-state index >= 15 is 0 Å². The number of amides is 1. The average Bonchev–Trinajstić information content (AvgIpc) is 2.56. The van der Waals surface area contributed by atoms with Crippen LogP contribution in [0.3, 0.4) is 0 Å². The van der Waals surface area contributed by atoms with Crippen molar-refractivity contribution in [2.24, 2.45) is 0 Å². The second-order valence-corrected chi connectivity index (χ2v) is 4.51. The first-order valence-electron chi connectivity index (χ1n) is 7.03. The molecule has 0 bridgehead atoms. The monoisotopic (exact) mass is 301 g/mol. The van der Waals surface area contributed by atoms with E-state index in [1.54, 1.807) is 18.2 Å². The SMILES string of the molecule is COC(=O)Nc1cccc(OCCCOc2ccccc2)c1. The predicted molar refractivity (Wildman–Crippen MR) is 84.5 cm³/mol. The molecule has 0 aliphatic carbocycles. The predicted octanol–water partition coefficient (Wildman–Crippen LogP) is 3.71. The van der Waals surface area contributed by atoms with E-state index in [1.807, 2.05) is 36.4 Å². The van der Waals surface area contributed by atoms with Gasteiger partial charge in [-0.1, -0.05) is 24.3 Å². The summed E-state index contributed by atoms with van der Waals surface area (Å²) in [6, 6.07) is 16.8. The normalized spacial score (nSPS) is 9.86. The number of benzene rings is 2. The van der Waals surface area contributed by atoms with Gasteiger partial charge >= 0.3 is 6.09 Å². The molecule has 116 valence electrons. The van der Waals surface area contributed by atoms with Gasteiger partial charge in [-0.2, -0.15) is 0 Å². The maximum atomic E-state index is 11.1. The standard InChI is InChI=1S/C17H19NO4/c1-20-17(19)18-14-7-5-10-16(13-14)22-12-6-11-21-15-8-3-2-4-9-15/h2-5,7-10,13H,6,11-12H2,1H3,(H,18,19). The van der Waals surface area contributed by atoms with E-state index in [0.717, 1.165) is 12.2 Å². The Kier molecular flexibility index (Phi) is 6.11. The van der Waals surface area contributed by atoms with E-state index in [1.165, 1.54) is 7.11 Å². The molecule has 0 fully saturated rings. The number of ether oxygens (including phenoxy) is 3. The molecule has 0 aliphatic rings. The van der Waals surface area contributed by atoms with Crippen LogP contribution in [0.4, 0.5) is 10.5 Å². The van der Waals surface area contributed by atoms with Crippen LogP contribution in [0.25, 0.3) is 0 Å². The topological polar surface area (TPSA) is 56.8 Å². The lowest BCUT2D eigenvalue weighted by atomic mass is 10.3. The lowest BCUT2D eigenvalue weighted by molar-refractivity contribution is 0.187. The van der Waals surface area contributed by atoms with E-state index in [4.69, 9.17) is 9.47 Å². The average molecular weight is 301 g/mol.